The number of hydrogen-bond acceptors (Lipinski definition) is 3. The van der Waals surface area contributed by atoms with Gasteiger partial charge in [-0.1, -0.05) is 27.2 Å². The molecular weight excluding hydrogens is 238 g/mol. The standard InChI is InChI=1S/C15H31N3O/c1-5-8-9-16-15(19)12(4)18-11-13(6-2)17-10-14(18)7-3/h12-14,17H,5-11H2,1-4H3,(H,16,19). The van der Waals surface area contributed by atoms with Gasteiger partial charge < -0.3 is 10.6 Å². The van der Waals surface area contributed by atoms with E-state index in [0.717, 1.165) is 45.3 Å². The molecule has 0 saturated carbocycles. The van der Waals surface area contributed by atoms with E-state index in [4.69, 9.17) is 0 Å². The van der Waals surface area contributed by atoms with Gasteiger partial charge >= 0.3 is 0 Å². The van der Waals surface area contributed by atoms with Gasteiger partial charge in [0.1, 0.15) is 0 Å². The predicted molar refractivity (Wildman–Crippen MR) is 80.2 cm³/mol. The van der Waals surface area contributed by atoms with E-state index < -0.39 is 0 Å². The van der Waals surface area contributed by atoms with Crippen LogP contribution in [0, 0.1) is 0 Å². The van der Waals surface area contributed by atoms with E-state index in [2.05, 4.69) is 36.3 Å². The summed E-state index contributed by atoms with van der Waals surface area (Å²) in [5.41, 5.74) is 0. The van der Waals surface area contributed by atoms with Crippen molar-refractivity contribution in [2.45, 2.75) is 71.5 Å². The third-order valence-corrected chi connectivity index (χ3v) is 4.21. The quantitative estimate of drug-likeness (QED) is 0.692. The lowest BCUT2D eigenvalue weighted by Gasteiger charge is -2.42. The van der Waals surface area contributed by atoms with Gasteiger partial charge in [0, 0.05) is 31.7 Å². The molecule has 1 saturated heterocycles. The smallest absolute Gasteiger partial charge is 0.237 e. The minimum Gasteiger partial charge on any atom is -0.355 e. The van der Waals surface area contributed by atoms with E-state index in [1.54, 1.807) is 0 Å². The monoisotopic (exact) mass is 269 g/mol. The second kappa shape index (κ2) is 8.54. The molecule has 0 aromatic heterocycles. The molecular formula is C15H31N3O. The van der Waals surface area contributed by atoms with Crippen molar-refractivity contribution in [3.05, 3.63) is 0 Å². The zero-order valence-corrected chi connectivity index (χ0v) is 13.0. The molecule has 0 spiro atoms. The zero-order chi connectivity index (χ0) is 14.3. The minimum absolute atomic E-state index is 0.0158. The second-order valence-electron chi connectivity index (χ2n) is 5.59. The van der Waals surface area contributed by atoms with Gasteiger partial charge in [0.05, 0.1) is 6.04 Å². The van der Waals surface area contributed by atoms with Crippen molar-refractivity contribution in [1.29, 1.82) is 0 Å². The molecule has 1 fully saturated rings. The fourth-order valence-corrected chi connectivity index (χ4v) is 2.70. The molecule has 1 aliphatic heterocycles. The molecule has 4 heteroatoms. The van der Waals surface area contributed by atoms with Crippen LogP contribution in [0.5, 0.6) is 0 Å². The number of carbonyl (C=O) groups excluding carboxylic acids is 1. The summed E-state index contributed by atoms with van der Waals surface area (Å²) >= 11 is 0. The van der Waals surface area contributed by atoms with Crippen molar-refractivity contribution in [3.63, 3.8) is 0 Å². The summed E-state index contributed by atoms with van der Waals surface area (Å²) < 4.78 is 0. The van der Waals surface area contributed by atoms with Gasteiger partial charge in [-0.15, -0.1) is 0 Å². The lowest BCUT2D eigenvalue weighted by molar-refractivity contribution is -0.127. The molecule has 19 heavy (non-hydrogen) atoms. The van der Waals surface area contributed by atoms with Crippen LogP contribution in [0.4, 0.5) is 0 Å². The number of carbonyl (C=O) groups is 1. The number of amides is 1. The van der Waals surface area contributed by atoms with Gasteiger partial charge in [-0.2, -0.15) is 0 Å². The first-order valence-electron chi connectivity index (χ1n) is 7.90. The Morgan fingerprint density at radius 1 is 1.37 bits per heavy atom. The maximum Gasteiger partial charge on any atom is 0.237 e. The first-order valence-corrected chi connectivity index (χ1v) is 7.90. The van der Waals surface area contributed by atoms with E-state index >= 15 is 0 Å². The van der Waals surface area contributed by atoms with Crippen molar-refractivity contribution in [3.8, 4) is 0 Å². The SMILES string of the molecule is CCCCNC(=O)C(C)N1CC(CC)NCC1CC. The fourth-order valence-electron chi connectivity index (χ4n) is 2.70. The molecule has 1 amide bonds. The van der Waals surface area contributed by atoms with Crippen LogP contribution < -0.4 is 10.6 Å². The molecule has 112 valence electrons. The molecule has 1 heterocycles. The van der Waals surface area contributed by atoms with Crippen LogP contribution in [-0.2, 0) is 4.79 Å². The lowest BCUT2D eigenvalue weighted by Crippen LogP contribution is -2.61. The third kappa shape index (κ3) is 4.77. The van der Waals surface area contributed by atoms with Crippen LogP contribution in [-0.4, -0.2) is 48.6 Å². The maximum atomic E-state index is 12.2. The first kappa shape index (κ1) is 16.4. The maximum absolute atomic E-state index is 12.2. The van der Waals surface area contributed by atoms with Crippen LogP contribution in [0.3, 0.4) is 0 Å². The summed E-state index contributed by atoms with van der Waals surface area (Å²) in [5.74, 6) is 0.184. The number of rotatable bonds is 7. The predicted octanol–water partition coefficient (Wildman–Crippen LogP) is 1.75. The molecule has 1 rings (SSSR count). The molecule has 2 N–H and O–H groups in total. The molecule has 0 bridgehead atoms. The Morgan fingerprint density at radius 2 is 2.11 bits per heavy atom. The van der Waals surface area contributed by atoms with Crippen molar-refractivity contribution >= 4 is 5.91 Å². The highest BCUT2D eigenvalue weighted by molar-refractivity contribution is 5.81. The van der Waals surface area contributed by atoms with E-state index in [9.17, 15) is 4.79 Å². The number of hydrogen-bond donors (Lipinski definition) is 2. The molecule has 1 aliphatic rings. The number of piperazine rings is 1. The summed E-state index contributed by atoms with van der Waals surface area (Å²) in [7, 11) is 0. The highest BCUT2D eigenvalue weighted by Gasteiger charge is 2.32. The normalized spacial score (nSPS) is 26.1. The van der Waals surface area contributed by atoms with E-state index in [0.29, 0.717) is 12.1 Å². The molecule has 0 aliphatic carbocycles. The Kier molecular flexibility index (Phi) is 7.39. The molecule has 0 aromatic rings. The molecule has 4 nitrogen and oxygen atoms in total. The Balaban J connectivity index is 2.54. The zero-order valence-electron chi connectivity index (χ0n) is 13.0. The average molecular weight is 269 g/mol. The number of nitrogens with zero attached hydrogens (tertiary/aromatic N) is 1. The van der Waals surface area contributed by atoms with E-state index in [1.165, 1.54) is 0 Å². The molecule has 3 atom stereocenters. The summed E-state index contributed by atoms with van der Waals surface area (Å²) in [4.78, 5) is 14.6. The topological polar surface area (TPSA) is 44.4 Å². The highest BCUT2D eigenvalue weighted by Crippen LogP contribution is 2.15. The molecule has 0 aromatic carbocycles. The molecule has 3 unspecified atom stereocenters. The Labute approximate surface area is 118 Å². The van der Waals surface area contributed by atoms with Gasteiger partial charge in [-0.25, -0.2) is 0 Å². The van der Waals surface area contributed by atoms with Crippen molar-refractivity contribution in [2.75, 3.05) is 19.6 Å². The van der Waals surface area contributed by atoms with Gasteiger partial charge in [-0.3, -0.25) is 9.69 Å². The van der Waals surface area contributed by atoms with Crippen molar-refractivity contribution < 1.29 is 4.79 Å². The summed E-state index contributed by atoms with van der Waals surface area (Å²) in [6, 6.07) is 0.987. The first-order chi connectivity index (χ1) is 9.13. The van der Waals surface area contributed by atoms with Crippen LogP contribution in [0.1, 0.15) is 53.4 Å². The van der Waals surface area contributed by atoms with Crippen molar-refractivity contribution in [2.24, 2.45) is 0 Å². The van der Waals surface area contributed by atoms with Crippen LogP contribution in [0.25, 0.3) is 0 Å². The van der Waals surface area contributed by atoms with Gasteiger partial charge in [0.15, 0.2) is 0 Å². The lowest BCUT2D eigenvalue weighted by atomic mass is 10.0. The fraction of sp³-hybridized carbons (Fsp3) is 0.933. The Bertz CT molecular complexity index is 270. The highest BCUT2D eigenvalue weighted by atomic mass is 16.2. The van der Waals surface area contributed by atoms with Crippen LogP contribution in [0.15, 0.2) is 0 Å². The van der Waals surface area contributed by atoms with Gasteiger partial charge in [0.2, 0.25) is 5.91 Å². The van der Waals surface area contributed by atoms with Gasteiger partial charge in [0.25, 0.3) is 0 Å². The summed E-state index contributed by atoms with van der Waals surface area (Å²) in [6.45, 7) is 11.4. The largest absolute Gasteiger partial charge is 0.355 e. The summed E-state index contributed by atoms with van der Waals surface area (Å²) in [5, 5.41) is 6.63. The van der Waals surface area contributed by atoms with E-state index in [-0.39, 0.29) is 11.9 Å². The average Bonchev–Trinajstić information content (AvgIpc) is 2.45. The third-order valence-electron chi connectivity index (χ3n) is 4.21. The summed E-state index contributed by atoms with van der Waals surface area (Å²) in [6.07, 6.45) is 4.40. The Morgan fingerprint density at radius 3 is 2.68 bits per heavy atom. The number of nitrogens with one attached hydrogen (secondary N) is 2. The van der Waals surface area contributed by atoms with E-state index in [1.807, 2.05) is 6.92 Å². The van der Waals surface area contributed by atoms with Crippen LogP contribution in [0.2, 0.25) is 0 Å². The molecule has 0 radical (unpaired) electrons. The number of unbranched alkanes of at least 4 members (excludes halogenated alkanes) is 1. The second-order valence-corrected chi connectivity index (χ2v) is 5.59. The van der Waals surface area contributed by atoms with Crippen LogP contribution >= 0.6 is 0 Å². The minimum atomic E-state index is -0.0158. The van der Waals surface area contributed by atoms with Crippen molar-refractivity contribution in [1.82, 2.24) is 15.5 Å². The Hall–Kier alpha value is -0.610. The van der Waals surface area contributed by atoms with Gasteiger partial charge in [-0.05, 0) is 26.2 Å².